The van der Waals surface area contributed by atoms with Gasteiger partial charge in [0.2, 0.25) is 5.60 Å². The summed E-state index contributed by atoms with van der Waals surface area (Å²) in [4.78, 5) is 11.2. The van der Waals surface area contributed by atoms with Gasteiger partial charge in [-0.3, -0.25) is 0 Å². The predicted octanol–water partition coefficient (Wildman–Crippen LogP) is 2.78. The van der Waals surface area contributed by atoms with Gasteiger partial charge in [-0.2, -0.15) is 0 Å². The lowest BCUT2D eigenvalue weighted by Gasteiger charge is -2.34. The van der Waals surface area contributed by atoms with Crippen LogP contribution in [0.3, 0.4) is 0 Å². The van der Waals surface area contributed by atoms with E-state index in [1.165, 1.54) is 5.56 Å². The largest absolute Gasteiger partial charge is 0.478 e. The molecule has 1 unspecified atom stereocenters. The number of hydrogen-bond acceptors (Lipinski definition) is 2. The molecular weight excluding hydrogens is 216 g/mol. The molecule has 0 saturated carbocycles. The Hall–Kier alpha value is -1.51. The number of carboxylic acids is 1. The number of fused-ring (bicyclic) bond motifs is 1. The molecule has 1 aromatic carbocycles. The Morgan fingerprint density at radius 1 is 1.35 bits per heavy atom. The SMILES string of the molecule is Cc1cc(C)c2c(c1C)OC(C)(C(=O)O)CC2. The lowest BCUT2D eigenvalue weighted by atomic mass is 9.88. The lowest BCUT2D eigenvalue weighted by Crippen LogP contribution is -2.44. The van der Waals surface area contributed by atoms with Crippen molar-refractivity contribution < 1.29 is 14.6 Å². The summed E-state index contributed by atoms with van der Waals surface area (Å²) in [7, 11) is 0. The molecule has 0 aromatic heterocycles. The Labute approximate surface area is 101 Å². The highest BCUT2D eigenvalue weighted by Gasteiger charge is 2.40. The smallest absolute Gasteiger partial charge is 0.347 e. The first kappa shape index (κ1) is 12.0. The Balaban J connectivity index is 2.54. The Kier molecular flexibility index (Phi) is 2.64. The maximum absolute atomic E-state index is 11.2. The summed E-state index contributed by atoms with van der Waals surface area (Å²) in [6, 6.07) is 2.14. The van der Waals surface area contributed by atoms with E-state index in [1.807, 2.05) is 13.8 Å². The van der Waals surface area contributed by atoms with Gasteiger partial charge in [0.15, 0.2) is 0 Å². The first-order chi connectivity index (χ1) is 7.85. The minimum Gasteiger partial charge on any atom is -0.478 e. The fourth-order valence-corrected chi connectivity index (χ4v) is 2.34. The number of aliphatic carboxylic acids is 1. The molecule has 0 bridgehead atoms. The number of aryl methyl sites for hydroxylation is 2. The number of benzene rings is 1. The fraction of sp³-hybridized carbons (Fsp3) is 0.500. The molecule has 0 amide bonds. The van der Waals surface area contributed by atoms with Crippen LogP contribution in [0.2, 0.25) is 0 Å². The number of ether oxygens (including phenoxy) is 1. The van der Waals surface area contributed by atoms with E-state index in [9.17, 15) is 9.90 Å². The summed E-state index contributed by atoms with van der Waals surface area (Å²) in [6.07, 6.45) is 1.30. The van der Waals surface area contributed by atoms with Gasteiger partial charge < -0.3 is 9.84 Å². The summed E-state index contributed by atoms with van der Waals surface area (Å²) in [5.41, 5.74) is 3.47. The van der Waals surface area contributed by atoms with E-state index < -0.39 is 11.6 Å². The third-order valence-electron chi connectivity index (χ3n) is 3.75. The lowest BCUT2D eigenvalue weighted by molar-refractivity contribution is -0.155. The molecular formula is C14H18O3. The zero-order valence-corrected chi connectivity index (χ0v) is 10.8. The van der Waals surface area contributed by atoms with E-state index in [1.54, 1.807) is 6.92 Å². The molecule has 2 rings (SSSR count). The van der Waals surface area contributed by atoms with Gasteiger partial charge in [0.1, 0.15) is 5.75 Å². The van der Waals surface area contributed by atoms with Crippen molar-refractivity contribution in [3.05, 3.63) is 28.3 Å². The molecule has 0 aliphatic carbocycles. The molecule has 3 nitrogen and oxygen atoms in total. The van der Waals surface area contributed by atoms with Crippen molar-refractivity contribution in [2.24, 2.45) is 0 Å². The van der Waals surface area contributed by atoms with Gasteiger partial charge in [0.05, 0.1) is 0 Å². The molecule has 1 atom stereocenters. The molecule has 1 N–H and O–H groups in total. The maximum Gasteiger partial charge on any atom is 0.347 e. The Morgan fingerprint density at radius 3 is 2.59 bits per heavy atom. The minimum atomic E-state index is -1.09. The molecule has 0 saturated heterocycles. The number of carbonyl (C=O) groups is 1. The molecule has 1 heterocycles. The Bertz CT molecular complexity index is 491. The quantitative estimate of drug-likeness (QED) is 0.812. The highest BCUT2D eigenvalue weighted by Crippen LogP contribution is 2.39. The molecule has 1 aliphatic heterocycles. The third-order valence-corrected chi connectivity index (χ3v) is 3.75. The predicted molar refractivity (Wildman–Crippen MR) is 65.6 cm³/mol. The zero-order chi connectivity index (χ0) is 12.8. The first-order valence-corrected chi connectivity index (χ1v) is 5.87. The number of hydrogen-bond donors (Lipinski definition) is 1. The van der Waals surface area contributed by atoms with Crippen LogP contribution in [0.1, 0.15) is 35.6 Å². The monoisotopic (exact) mass is 234 g/mol. The van der Waals surface area contributed by atoms with Crippen LogP contribution in [0.4, 0.5) is 0 Å². The average Bonchev–Trinajstić information content (AvgIpc) is 2.25. The van der Waals surface area contributed by atoms with Crippen LogP contribution >= 0.6 is 0 Å². The van der Waals surface area contributed by atoms with Gasteiger partial charge in [0.25, 0.3) is 0 Å². The van der Waals surface area contributed by atoms with Gasteiger partial charge in [-0.15, -0.1) is 0 Å². The van der Waals surface area contributed by atoms with Crippen molar-refractivity contribution in [3.8, 4) is 5.75 Å². The van der Waals surface area contributed by atoms with E-state index in [0.29, 0.717) is 6.42 Å². The zero-order valence-electron chi connectivity index (χ0n) is 10.8. The van der Waals surface area contributed by atoms with Crippen LogP contribution in [-0.4, -0.2) is 16.7 Å². The molecule has 3 heteroatoms. The van der Waals surface area contributed by atoms with Crippen LogP contribution in [0.5, 0.6) is 5.75 Å². The van der Waals surface area contributed by atoms with E-state index in [4.69, 9.17) is 4.74 Å². The van der Waals surface area contributed by atoms with Gasteiger partial charge in [-0.25, -0.2) is 4.79 Å². The highest BCUT2D eigenvalue weighted by atomic mass is 16.5. The minimum absolute atomic E-state index is 0.526. The van der Waals surface area contributed by atoms with Crippen molar-refractivity contribution >= 4 is 5.97 Å². The van der Waals surface area contributed by atoms with Crippen LogP contribution < -0.4 is 4.74 Å². The van der Waals surface area contributed by atoms with Gasteiger partial charge in [0, 0.05) is 6.42 Å². The summed E-state index contributed by atoms with van der Waals surface area (Å²) < 4.78 is 5.77. The van der Waals surface area contributed by atoms with Gasteiger partial charge in [-0.1, -0.05) is 6.07 Å². The number of carboxylic acid groups (broad SMARTS) is 1. The van der Waals surface area contributed by atoms with Crippen molar-refractivity contribution in [1.29, 1.82) is 0 Å². The van der Waals surface area contributed by atoms with Crippen LogP contribution in [0.15, 0.2) is 6.07 Å². The third kappa shape index (κ3) is 1.79. The molecule has 0 fully saturated rings. The molecule has 1 aromatic rings. The van der Waals surface area contributed by atoms with Crippen LogP contribution in [-0.2, 0) is 11.2 Å². The topological polar surface area (TPSA) is 46.5 Å². The first-order valence-electron chi connectivity index (χ1n) is 5.87. The molecule has 0 radical (unpaired) electrons. The standard InChI is InChI=1S/C14H18O3/c1-8-7-9(2)11-5-6-14(4,13(15)16)17-12(11)10(8)3/h7H,5-6H2,1-4H3,(H,15,16). The van der Waals surface area contributed by atoms with Gasteiger partial charge >= 0.3 is 5.97 Å². The maximum atomic E-state index is 11.2. The van der Waals surface area contributed by atoms with Gasteiger partial charge in [-0.05, 0) is 56.4 Å². The van der Waals surface area contributed by atoms with Crippen molar-refractivity contribution in [2.75, 3.05) is 0 Å². The molecule has 92 valence electrons. The molecule has 17 heavy (non-hydrogen) atoms. The number of rotatable bonds is 1. The van der Waals surface area contributed by atoms with Crippen molar-refractivity contribution in [1.82, 2.24) is 0 Å². The second-order valence-corrected chi connectivity index (χ2v) is 5.08. The summed E-state index contributed by atoms with van der Waals surface area (Å²) in [6.45, 7) is 7.72. The molecule has 1 aliphatic rings. The van der Waals surface area contributed by atoms with Crippen molar-refractivity contribution in [2.45, 2.75) is 46.1 Å². The van der Waals surface area contributed by atoms with E-state index in [-0.39, 0.29) is 0 Å². The summed E-state index contributed by atoms with van der Waals surface area (Å²) in [5.74, 6) is -0.111. The second-order valence-electron chi connectivity index (χ2n) is 5.08. The van der Waals surface area contributed by atoms with E-state index in [2.05, 4.69) is 13.0 Å². The summed E-state index contributed by atoms with van der Waals surface area (Å²) in [5, 5.41) is 9.23. The van der Waals surface area contributed by atoms with E-state index >= 15 is 0 Å². The van der Waals surface area contributed by atoms with Crippen molar-refractivity contribution in [3.63, 3.8) is 0 Å². The molecule has 0 spiro atoms. The Morgan fingerprint density at radius 2 is 2.00 bits per heavy atom. The summed E-state index contributed by atoms with van der Waals surface area (Å²) >= 11 is 0. The normalized spacial score (nSPS) is 22.8. The van der Waals surface area contributed by atoms with Crippen LogP contribution in [0.25, 0.3) is 0 Å². The fourth-order valence-electron chi connectivity index (χ4n) is 2.34. The average molecular weight is 234 g/mol. The van der Waals surface area contributed by atoms with E-state index in [0.717, 1.165) is 28.9 Å². The van der Waals surface area contributed by atoms with Crippen LogP contribution in [0, 0.1) is 20.8 Å². The second kappa shape index (κ2) is 3.76. The highest BCUT2D eigenvalue weighted by molar-refractivity contribution is 5.78.